The molecular formula is C7H7IN2O3S. The minimum Gasteiger partial charge on any atom is -0.350 e. The van der Waals surface area contributed by atoms with Crippen molar-refractivity contribution < 1.29 is 13.6 Å². The highest BCUT2D eigenvalue weighted by molar-refractivity contribution is 14.1. The van der Waals surface area contributed by atoms with E-state index in [-0.39, 0.29) is 0 Å². The number of hydrogen-bond donors (Lipinski definition) is 2. The molecule has 1 aromatic rings. The molecule has 76 valence electrons. The molecule has 0 aliphatic carbocycles. The first-order valence-corrected chi connectivity index (χ1v) is 5.62. The van der Waals surface area contributed by atoms with Gasteiger partial charge in [0.15, 0.2) is 0 Å². The van der Waals surface area contributed by atoms with Gasteiger partial charge in [-0.2, -0.15) is 4.31 Å². The van der Waals surface area contributed by atoms with E-state index in [0.29, 0.717) is 9.99 Å². The van der Waals surface area contributed by atoms with Crippen LogP contribution in [0.1, 0.15) is 0 Å². The fourth-order valence-electron chi connectivity index (χ4n) is 0.871. The van der Waals surface area contributed by atoms with E-state index in [0.717, 1.165) is 3.57 Å². The maximum absolute atomic E-state index is 10.8. The highest BCUT2D eigenvalue weighted by Gasteiger charge is 2.17. The number of carbonyl (C=O) groups excluding carboxylic acids is 1. The Kier molecular flexibility index (Phi) is 3.84. The molecule has 1 atom stereocenters. The molecule has 7 heteroatoms. The first kappa shape index (κ1) is 11.4. The van der Waals surface area contributed by atoms with Crippen LogP contribution in [0.4, 0.5) is 10.5 Å². The Morgan fingerprint density at radius 1 is 1.43 bits per heavy atom. The highest BCUT2D eigenvalue weighted by atomic mass is 127. The van der Waals surface area contributed by atoms with Crippen LogP contribution >= 0.6 is 22.6 Å². The molecule has 0 heterocycles. The largest absolute Gasteiger partial charge is 0.350 e. The van der Waals surface area contributed by atoms with Crippen LogP contribution in [0.5, 0.6) is 0 Å². The predicted octanol–water partition coefficient (Wildman–Crippen LogP) is 1.31. The third kappa shape index (κ3) is 2.66. The standard InChI is InChI=1S/C7H7IN2O3S/c8-5-1-3-6(4-2-5)10(7(9)11)14(12)13/h1-4H,(H2,9,11)(H,12,13). The lowest BCUT2D eigenvalue weighted by atomic mass is 10.3. The number of amides is 2. The number of rotatable bonds is 2. The Bertz CT molecular complexity index is 354. The van der Waals surface area contributed by atoms with E-state index in [2.05, 4.69) is 22.6 Å². The Hall–Kier alpha value is -0.670. The summed E-state index contributed by atoms with van der Waals surface area (Å²) in [4.78, 5) is 10.8. The molecule has 0 bridgehead atoms. The maximum Gasteiger partial charge on any atom is 0.333 e. The smallest absolute Gasteiger partial charge is 0.333 e. The van der Waals surface area contributed by atoms with Crippen molar-refractivity contribution in [2.45, 2.75) is 0 Å². The quantitative estimate of drug-likeness (QED) is 0.635. The SMILES string of the molecule is NC(=O)N(c1ccc(I)cc1)S(=O)O. The van der Waals surface area contributed by atoms with Gasteiger partial charge in [0.05, 0.1) is 5.69 Å². The summed E-state index contributed by atoms with van der Waals surface area (Å²) in [7, 11) is 0. The fourth-order valence-corrected chi connectivity index (χ4v) is 1.69. The molecule has 0 aromatic heterocycles. The number of hydrogen-bond acceptors (Lipinski definition) is 2. The highest BCUT2D eigenvalue weighted by Crippen LogP contribution is 2.17. The lowest BCUT2D eigenvalue weighted by Gasteiger charge is -2.14. The van der Waals surface area contributed by atoms with Crippen molar-refractivity contribution in [3.05, 3.63) is 27.8 Å². The molecular weight excluding hydrogens is 319 g/mol. The summed E-state index contributed by atoms with van der Waals surface area (Å²) in [5.74, 6) is 0. The summed E-state index contributed by atoms with van der Waals surface area (Å²) in [5.41, 5.74) is 5.23. The molecule has 0 fully saturated rings. The molecule has 3 N–H and O–H groups in total. The zero-order valence-corrected chi connectivity index (χ0v) is 9.86. The van der Waals surface area contributed by atoms with Crippen LogP contribution in [0.25, 0.3) is 0 Å². The third-order valence-electron chi connectivity index (χ3n) is 1.42. The van der Waals surface area contributed by atoms with Crippen LogP contribution in [0.3, 0.4) is 0 Å². The van der Waals surface area contributed by atoms with Gasteiger partial charge in [-0.1, -0.05) is 0 Å². The van der Waals surface area contributed by atoms with Gasteiger partial charge in [0.1, 0.15) is 0 Å². The number of benzene rings is 1. The van der Waals surface area contributed by atoms with Crippen molar-refractivity contribution >= 4 is 45.6 Å². The molecule has 1 rings (SSSR count). The minimum atomic E-state index is -2.43. The summed E-state index contributed by atoms with van der Waals surface area (Å²) in [5, 5.41) is 0. The Labute approximate surface area is 96.8 Å². The lowest BCUT2D eigenvalue weighted by Crippen LogP contribution is -2.36. The van der Waals surface area contributed by atoms with Gasteiger partial charge in [0, 0.05) is 3.57 Å². The summed E-state index contributed by atoms with van der Waals surface area (Å²) in [6.45, 7) is 0. The van der Waals surface area contributed by atoms with Crippen LogP contribution in [0.2, 0.25) is 0 Å². The Morgan fingerprint density at radius 3 is 2.29 bits per heavy atom. The Balaban J connectivity index is 3.06. The second-order valence-electron chi connectivity index (χ2n) is 2.34. The number of nitrogens with zero attached hydrogens (tertiary/aromatic N) is 1. The number of primary amides is 1. The molecule has 0 saturated carbocycles. The van der Waals surface area contributed by atoms with Gasteiger partial charge < -0.3 is 5.73 Å². The predicted molar refractivity (Wildman–Crippen MR) is 62.0 cm³/mol. The number of carbonyl (C=O) groups is 1. The zero-order valence-electron chi connectivity index (χ0n) is 6.88. The minimum absolute atomic E-state index is 0.291. The van der Waals surface area contributed by atoms with Gasteiger partial charge in [-0.3, -0.25) is 4.55 Å². The van der Waals surface area contributed by atoms with Crippen LogP contribution < -0.4 is 10.0 Å². The second-order valence-corrected chi connectivity index (χ2v) is 4.41. The van der Waals surface area contributed by atoms with Crippen molar-refractivity contribution in [3.63, 3.8) is 0 Å². The van der Waals surface area contributed by atoms with Crippen LogP contribution in [-0.2, 0) is 11.3 Å². The van der Waals surface area contributed by atoms with E-state index < -0.39 is 17.3 Å². The number of halogens is 1. The summed E-state index contributed by atoms with van der Waals surface area (Å²) < 4.78 is 21.1. The molecule has 5 nitrogen and oxygen atoms in total. The molecule has 1 aromatic carbocycles. The van der Waals surface area contributed by atoms with Crippen molar-refractivity contribution in [1.29, 1.82) is 0 Å². The third-order valence-corrected chi connectivity index (χ3v) is 2.84. The molecule has 0 saturated heterocycles. The van der Waals surface area contributed by atoms with Crippen LogP contribution in [0.15, 0.2) is 24.3 Å². The van der Waals surface area contributed by atoms with E-state index in [1.54, 1.807) is 24.3 Å². The summed E-state index contributed by atoms with van der Waals surface area (Å²) in [6, 6.07) is 5.53. The van der Waals surface area contributed by atoms with E-state index in [9.17, 15) is 9.00 Å². The van der Waals surface area contributed by atoms with Crippen LogP contribution in [0, 0.1) is 3.57 Å². The second kappa shape index (κ2) is 4.71. The van der Waals surface area contributed by atoms with Crippen molar-refractivity contribution in [2.24, 2.45) is 5.73 Å². The summed E-state index contributed by atoms with van der Waals surface area (Å²) >= 11 is -0.353. The van der Waals surface area contributed by atoms with Gasteiger partial charge in [0.2, 0.25) is 0 Å². The monoisotopic (exact) mass is 326 g/mol. The number of anilines is 1. The van der Waals surface area contributed by atoms with E-state index in [4.69, 9.17) is 10.3 Å². The lowest BCUT2D eigenvalue weighted by molar-refractivity contribution is 0.256. The topological polar surface area (TPSA) is 83.6 Å². The van der Waals surface area contributed by atoms with Gasteiger partial charge >= 0.3 is 6.03 Å². The number of urea groups is 1. The van der Waals surface area contributed by atoms with Crippen LogP contribution in [-0.4, -0.2) is 14.8 Å². The molecule has 0 aliphatic rings. The van der Waals surface area contributed by atoms with Crippen molar-refractivity contribution in [1.82, 2.24) is 0 Å². The van der Waals surface area contributed by atoms with Crippen molar-refractivity contribution in [3.8, 4) is 0 Å². The Morgan fingerprint density at radius 2 is 1.93 bits per heavy atom. The van der Waals surface area contributed by atoms with E-state index >= 15 is 0 Å². The molecule has 1 unspecified atom stereocenters. The average molecular weight is 326 g/mol. The number of nitrogens with two attached hydrogens (primary N) is 1. The average Bonchev–Trinajstić information content (AvgIpc) is 2.07. The first-order chi connectivity index (χ1) is 6.52. The van der Waals surface area contributed by atoms with Crippen molar-refractivity contribution in [2.75, 3.05) is 4.31 Å². The van der Waals surface area contributed by atoms with E-state index in [1.807, 2.05) is 0 Å². The molecule has 0 spiro atoms. The molecule has 0 radical (unpaired) electrons. The fraction of sp³-hybridized carbons (Fsp3) is 0. The summed E-state index contributed by atoms with van der Waals surface area (Å²) in [6.07, 6.45) is 0. The molecule has 0 aliphatic heterocycles. The van der Waals surface area contributed by atoms with Gasteiger partial charge in [-0.15, -0.1) is 0 Å². The van der Waals surface area contributed by atoms with Gasteiger partial charge in [0.25, 0.3) is 11.3 Å². The zero-order chi connectivity index (χ0) is 10.7. The van der Waals surface area contributed by atoms with Gasteiger partial charge in [-0.25, -0.2) is 9.00 Å². The molecule has 14 heavy (non-hydrogen) atoms. The maximum atomic E-state index is 10.8. The molecule has 2 amide bonds. The normalized spacial score (nSPS) is 12.1. The van der Waals surface area contributed by atoms with E-state index in [1.165, 1.54) is 0 Å². The van der Waals surface area contributed by atoms with Gasteiger partial charge in [-0.05, 0) is 46.9 Å². The first-order valence-electron chi connectivity index (χ1n) is 3.48.